The number of hydrogen-bond acceptors (Lipinski definition) is 3. The van der Waals surface area contributed by atoms with Crippen molar-refractivity contribution >= 4 is 11.6 Å². The van der Waals surface area contributed by atoms with Crippen LogP contribution in [0.5, 0.6) is 11.5 Å². The Hall–Kier alpha value is -2.63. The molecule has 0 unspecified atom stereocenters. The Morgan fingerprint density at radius 1 is 0.947 bits per heavy atom. The second-order valence-corrected chi connectivity index (χ2v) is 3.82. The van der Waals surface area contributed by atoms with E-state index in [2.05, 4.69) is 5.32 Å². The molecule has 0 spiro atoms. The van der Waals surface area contributed by atoms with Crippen molar-refractivity contribution in [2.45, 2.75) is 0 Å². The van der Waals surface area contributed by atoms with Crippen molar-refractivity contribution in [3.63, 3.8) is 0 Å². The van der Waals surface area contributed by atoms with Gasteiger partial charge in [-0.15, -0.1) is 0 Å². The highest BCUT2D eigenvalue weighted by Crippen LogP contribution is 2.25. The lowest BCUT2D eigenvalue weighted by molar-refractivity contribution is 0.102. The molecule has 2 rings (SSSR count). The average Bonchev–Trinajstić information content (AvgIpc) is 2.31. The maximum atomic E-state index is 12.9. The van der Waals surface area contributed by atoms with Crippen LogP contribution < -0.4 is 5.32 Å². The third kappa shape index (κ3) is 2.98. The highest BCUT2D eigenvalue weighted by Gasteiger charge is 2.10. The number of aromatic hydroxyl groups is 2. The van der Waals surface area contributed by atoms with Crippen LogP contribution in [0.2, 0.25) is 0 Å². The molecule has 0 fully saturated rings. The van der Waals surface area contributed by atoms with E-state index in [4.69, 9.17) is 5.11 Å². The Labute approximate surface area is 106 Å². The van der Waals surface area contributed by atoms with Crippen molar-refractivity contribution < 1.29 is 23.8 Å². The number of amides is 1. The predicted octanol–water partition coefficient (Wildman–Crippen LogP) is 2.63. The summed E-state index contributed by atoms with van der Waals surface area (Å²) in [5, 5.41) is 20.6. The lowest BCUT2D eigenvalue weighted by atomic mass is 10.2. The van der Waals surface area contributed by atoms with E-state index >= 15 is 0 Å². The summed E-state index contributed by atoms with van der Waals surface area (Å²) in [6.07, 6.45) is 0. The molecule has 3 N–H and O–H groups in total. The molecule has 4 nitrogen and oxygen atoms in total. The van der Waals surface area contributed by atoms with Gasteiger partial charge in [0.1, 0.15) is 11.6 Å². The van der Waals surface area contributed by atoms with Crippen molar-refractivity contribution in [3.8, 4) is 11.5 Å². The van der Waals surface area contributed by atoms with Crippen molar-refractivity contribution in [1.29, 1.82) is 0 Å². The van der Waals surface area contributed by atoms with E-state index in [1.54, 1.807) is 0 Å². The zero-order valence-corrected chi connectivity index (χ0v) is 9.52. The SMILES string of the molecule is O=C(Nc1cc(F)cc(F)c1)c1ccc(O)c(O)c1. The van der Waals surface area contributed by atoms with E-state index < -0.39 is 23.3 Å². The van der Waals surface area contributed by atoms with Gasteiger partial charge < -0.3 is 15.5 Å². The summed E-state index contributed by atoms with van der Waals surface area (Å²) in [6, 6.07) is 6.04. The van der Waals surface area contributed by atoms with Crippen LogP contribution in [-0.4, -0.2) is 16.1 Å². The molecule has 0 bridgehead atoms. The minimum atomic E-state index is -0.816. The number of hydrogen-bond donors (Lipinski definition) is 3. The summed E-state index contributed by atoms with van der Waals surface area (Å²) < 4.78 is 25.9. The van der Waals surface area contributed by atoms with E-state index in [0.29, 0.717) is 6.07 Å². The number of nitrogens with one attached hydrogen (secondary N) is 1. The second kappa shape index (κ2) is 4.93. The highest BCUT2D eigenvalue weighted by atomic mass is 19.1. The molecular formula is C13H9F2NO3. The Bertz CT molecular complexity index is 624. The van der Waals surface area contributed by atoms with Crippen LogP contribution in [0.25, 0.3) is 0 Å². The topological polar surface area (TPSA) is 69.6 Å². The third-order valence-electron chi connectivity index (χ3n) is 2.36. The summed E-state index contributed by atoms with van der Waals surface area (Å²) in [5.74, 6) is -3.13. The molecule has 6 heteroatoms. The van der Waals surface area contributed by atoms with Gasteiger partial charge in [0.05, 0.1) is 0 Å². The molecule has 19 heavy (non-hydrogen) atoms. The molecule has 0 heterocycles. The monoisotopic (exact) mass is 265 g/mol. The highest BCUT2D eigenvalue weighted by molar-refractivity contribution is 6.04. The summed E-state index contributed by atoms with van der Waals surface area (Å²) in [4.78, 5) is 11.8. The molecule has 0 atom stereocenters. The maximum Gasteiger partial charge on any atom is 0.255 e. The predicted molar refractivity (Wildman–Crippen MR) is 64.1 cm³/mol. The molecule has 0 saturated carbocycles. The van der Waals surface area contributed by atoms with Gasteiger partial charge in [-0.3, -0.25) is 4.79 Å². The van der Waals surface area contributed by atoms with Gasteiger partial charge in [-0.05, 0) is 30.3 Å². The van der Waals surface area contributed by atoms with E-state index in [9.17, 15) is 18.7 Å². The fourth-order valence-electron chi connectivity index (χ4n) is 1.49. The Morgan fingerprint density at radius 3 is 2.16 bits per heavy atom. The van der Waals surface area contributed by atoms with Gasteiger partial charge in [0.25, 0.3) is 5.91 Å². The Balaban J connectivity index is 2.22. The molecule has 98 valence electrons. The minimum absolute atomic E-state index is 0.0416. The first-order valence-electron chi connectivity index (χ1n) is 5.25. The number of phenols is 2. The standard InChI is InChI=1S/C13H9F2NO3/c14-8-4-9(15)6-10(5-8)16-13(19)7-1-2-11(17)12(18)3-7/h1-6,17-18H,(H,16,19). The Kier molecular flexibility index (Phi) is 3.33. The number of phenolic OH excluding ortho intramolecular Hbond substituents is 2. The molecule has 0 saturated heterocycles. The molecular weight excluding hydrogens is 256 g/mol. The smallest absolute Gasteiger partial charge is 0.255 e. The van der Waals surface area contributed by atoms with Crippen molar-refractivity contribution in [1.82, 2.24) is 0 Å². The molecule has 0 aliphatic carbocycles. The van der Waals surface area contributed by atoms with E-state index in [0.717, 1.165) is 24.3 Å². The molecule has 2 aromatic carbocycles. The number of carbonyl (C=O) groups excluding carboxylic acids is 1. The molecule has 1 amide bonds. The van der Waals surface area contributed by atoms with Gasteiger partial charge in [0.15, 0.2) is 11.5 Å². The summed E-state index contributed by atoms with van der Waals surface area (Å²) in [7, 11) is 0. The zero-order valence-electron chi connectivity index (χ0n) is 9.52. The first-order chi connectivity index (χ1) is 8.95. The maximum absolute atomic E-state index is 12.9. The van der Waals surface area contributed by atoms with Crippen LogP contribution in [-0.2, 0) is 0 Å². The first-order valence-corrected chi connectivity index (χ1v) is 5.25. The summed E-state index contributed by atoms with van der Waals surface area (Å²) >= 11 is 0. The van der Waals surface area contributed by atoms with Crippen LogP contribution in [0.3, 0.4) is 0 Å². The normalized spacial score (nSPS) is 10.2. The molecule has 0 aliphatic rings. The first kappa shape index (κ1) is 12.8. The largest absolute Gasteiger partial charge is 0.504 e. The number of anilines is 1. The minimum Gasteiger partial charge on any atom is -0.504 e. The number of rotatable bonds is 2. The zero-order chi connectivity index (χ0) is 14.0. The van der Waals surface area contributed by atoms with Crippen molar-refractivity contribution in [2.75, 3.05) is 5.32 Å². The number of carbonyl (C=O) groups is 1. The Morgan fingerprint density at radius 2 is 1.58 bits per heavy atom. The van der Waals surface area contributed by atoms with E-state index in [1.165, 1.54) is 6.07 Å². The second-order valence-electron chi connectivity index (χ2n) is 3.82. The number of halogens is 2. The lowest BCUT2D eigenvalue weighted by Crippen LogP contribution is -2.12. The van der Waals surface area contributed by atoms with Crippen LogP contribution in [0.15, 0.2) is 36.4 Å². The summed E-state index contributed by atoms with van der Waals surface area (Å²) in [5.41, 5.74) is -0.00460. The van der Waals surface area contributed by atoms with Gasteiger partial charge in [-0.2, -0.15) is 0 Å². The van der Waals surface area contributed by atoms with Gasteiger partial charge in [-0.25, -0.2) is 8.78 Å². The van der Waals surface area contributed by atoms with Gasteiger partial charge in [0.2, 0.25) is 0 Å². The molecule has 0 radical (unpaired) electrons. The van der Waals surface area contributed by atoms with Gasteiger partial charge >= 0.3 is 0 Å². The van der Waals surface area contributed by atoms with E-state index in [1.807, 2.05) is 0 Å². The van der Waals surface area contributed by atoms with Crippen molar-refractivity contribution in [2.24, 2.45) is 0 Å². The lowest BCUT2D eigenvalue weighted by Gasteiger charge is -2.06. The number of benzene rings is 2. The molecule has 0 aliphatic heterocycles. The fourth-order valence-corrected chi connectivity index (χ4v) is 1.49. The van der Waals surface area contributed by atoms with Crippen LogP contribution >= 0.6 is 0 Å². The fraction of sp³-hybridized carbons (Fsp3) is 0. The third-order valence-corrected chi connectivity index (χ3v) is 2.36. The average molecular weight is 265 g/mol. The molecule has 0 aromatic heterocycles. The quantitative estimate of drug-likeness (QED) is 0.731. The van der Waals surface area contributed by atoms with Crippen molar-refractivity contribution in [3.05, 3.63) is 53.6 Å². The van der Waals surface area contributed by atoms with Crippen LogP contribution in [0.1, 0.15) is 10.4 Å². The van der Waals surface area contributed by atoms with Crippen LogP contribution in [0.4, 0.5) is 14.5 Å². The van der Waals surface area contributed by atoms with Gasteiger partial charge in [-0.1, -0.05) is 0 Å². The summed E-state index contributed by atoms with van der Waals surface area (Å²) in [6.45, 7) is 0. The van der Waals surface area contributed by atoms with Crippen LogP contribution in [0, 0.1) is 11.6 Å². The van der Waals surface area contributed by atoms with E-state index in [-0.39, 0.29) is 17.0 Å². The molecule has 2 aromatic rings. The van der Waals surface area contributed by atoms with Gasteiger partial charge in [0, 0.05) is 17.3 Å².